The molecule has 6 heteroatoms. The van der Waals surface area contributed by atoms with Gasteiger partial charge in [-0.15, -0.1) is 0 Å². The highest BCUT2D eigenvalue weighted by Crippen LogP contribution is 2.30. The lowest BCUT2D eigenvalue weighted by Crippen LogP contribution is -2.30. The van der Waals surface area contributed by atoms with Crippen molar-refractivity contribution in [2.45, 2.75) is 51.7 Å². The zero-order valence-corrected chi connectivity index (χ0v) is 12.3. The molecule has 1 N–H and O–H groups in total. The van der Waals surface area contributed by atoms with Crippen molar-refractivity contribution in [3.05, 3.63) is 33.9 Å². The van der Waals surface area contributed by atoms with Gasteiger partial charge in [0.25, 0.3) is 5.69 Å². The Morgan fingerprint density at radius 2 is 2.00 bits per heavy atom. The summed E-state index contributed by atoms with van der Waals surface area (Å²) >= 11 is 0. The minimum absolute atomic E-state index is 0.0199. The van der Waals surface area contributed by atoms with Crippen LogP contribution in [-0.4, -0.2) is 23.0 Å². The van der Waals surface area contributed by atoms with Crippen LogP contribution < -0.4 is 5.32 Å². The minimum atomic E-state index is -0.361. The van der Waals surface area contributed by atoms with Gasteiger partial charge in [-0.1, -0.05) is 6.07 Å². The topological polar surface area (TPSA) is 81.5 Å². The van der Waals surface area contributed by atoms with Gasteiger partial charge in [0, 0.05) is 19.0 Å². The molecule has 0 radical (unpaired) electrons. The van der Waals surface area contributed by atoms with E-state index in [-0.39, 0.29) is 28.7 Å². The monoisotopic (exact) mass is 292 g/mol. The van der Waals surface area contributed by atoms with Gasteiger partial charge in [-0.3, -0.25) is 14.9 Å². The average molecular weight is 292 g/mol. The van der Waals surface area contributed by atoms with E-state index in [2.05, 4.69) is 5.32 Å². The molecule has 1 fully saturated rings. The zero-order valence-electron chi connectivity index (χ0n) is 12.3. The van der Waals surface area contributed by atoms with Gasteiger partial charge in [0.15, 0.2) is 0 Å². The predicted octanol–water partition coefficient (Wildman–Crippen LogP) is 3.19. The number of hydrogen-bond donors (Lipinski definition) is 1. The summed E-state index contributed by atoms with van der Waals surface area (Å²) < 4.78 is 5.19. The van der Waals surface area contributed by atoms with Crippen molar-refractivity contribution in [2.24, 2.45) is 0 Å². The van der Waals surface area contributed by atoms with Crippen LogP contribution in [0.2, 0.25) is 0 Å². The molecule has 1 aliphatic carbocycles. The number of hydrogen-bond acceptors (Lipinski definition) is 5. The molecule has 1 aliphatic rings. The molecule has 0 atom stereocenters. The lowest BCUT2D eigenvalue weighted by Gasteiger charge is -2.29. The van der Waals surface area contributed by atoms with E-state index in [1.54, 1.807) is 12.1 Å². The summed E-state index contributed by atoms with van der Waals surface area (Å²) in [6, 6.07) is 5.37. The standard InChI is InChI=1S/C15H20N2O4/c1-10-3-8-14(15(9-10)17(19)20)16-12-4-6-13(7-5-12)21-11(2)18/h3,8-9,12-13,16H,4-7H2,1-2H3/t12-,13-. The van der Waals surface area contributed by atoms with Gasteiger partial charge in [-0.05, 0) is 44.2 Å². The van der Waals surface area contributed by atoms with Crippen LogP contribution in [0, 0.1) is 17.0 Å². The summed E-state index contributed by atoms with van der Waals surface area (Å²) in [7, 11) is 0. The highest BCUT2D eigenvalue weighted by Gasteiger charge is 2.24. The molecule has 2 rings (SSSR count). The summed E-state index contributed by atoms with van der Waals surface area (Å²) in [5.74, 6) is -0.249. The summed E-state index contributed by atoms with van der Waals surface area (Å²) in [6.07, 6.45) is 3.23. The average Bonchev–Trinajstić information content (AvgIpc) is 2.42. The molecule has 0 bridgehead atoms. The number of nitro groups is 1. The van der Waals surface area contributed by atoms with Crippen molar-refractivity contribution in [1.82, 2.24) is 0 Å². The van der Waals surface area contributed by atoms with Crippen LogP contribution in [0.25, 0.3) is 0 Å². The maximum atomic E-state index is 11.1. The Morgan fingerprint density at radius 1 is 1.33 bits per heavy atom. The zero-order chi connectivity index (χ0) is 15.4. The number of anilines is 1. The second-order valence-electron chi connectivity index (χ2n) is 5.51. The predicted molar refractivity (Wildman–Crippen MR) is 79.3 cm³/mol. The quantitative estimate of drug-likeness (QED) is 0.523. The van der Waals surface area contributed by atoms with Crippen LogP contribution in [0.3, 0.4) is 0 Å². The van der Waals surface area contributed by atoms with Crippen molar-refractivity contribution in [3.63, 3.8) is 0 Å². The van der Waals surface area contributed by atoms with Crippen LogP contribution in [0.5, 0.6) is 0 Å². The molecule has 0 spiro atoms. The number of ether oxygens (including phenoxy) is 1. The fourth-order valence-electron chi connectivity index (χ4n) is 2.69. The molecule has 21 heavy (non-hydrogen) atoms. The molecule has 0 unspecified atom stereocenters. The van der Waals surface area contributed by atoms with Gasteiger partial charge in [0.2, 0.25) is 0 Å². The molecule has 1 saturated carbocycles. The number of carbonyl (C=O) groups excluding carboxylic acids is 1. The SMILES string of the molecule is CC(=O)O[C@H]1CC[C@H](Nc2ccc(C)cc2[N+](=O)[O-])CC1. The first kappa shape index (κ1) is 15.3. The molecular weight excluding hydrogens is 272 g/mol. The van der Waals surface area contributed by atoms with E-state index in [4.69, 9.17) is 4.74 Å². The Morgan fingerprint density at radius 3 is 2.57 bits per heavy atom. The number of carbonyl (C=O) groups is 1. The molecule has 1 aromatic carbocycles. The van der Waals surface area contributed by atoms with E-state index in [9.17, 15) is 14.9 Å². The van der Waals surface area contributed by atoms with Crippen LogP contribution in [0.1, 0.15) is 38.2 Å². The Bertz CT molecular complexity index is 536. The molecule has 0 heterocycles. The van der Waals surface area contributed by atoms with E-state index in [0.717, 1.165) is 31.2 Å². The first-order valence-corrected chi connectivity index (χ1v) is 7.14. The smallest absolute Gasteiger partial charge is 0.302 e. The summed E-state index contributed by atoms with van der Waals surface area (Å²) in [5.41, 5.74) is 1.53. The highest BCUT2D eigenvalue weighted by atomic mass is 16.6. The molecule has 6 nitrogen and oxygen atoms in total. The Balaban J connectivity index is 1.97. The third-order valence-electron chi connectivity index (χ3n) is 3.72. The lowest BCUT2D eigenvalue weighted by molar-refractivity contribution is -0.384. The van der Waals surface area contributed by atoms with Gasteiger partial charge in [-0.2, -0.15) is 0 Å². The number of esters is 1. The second-order valence-corrected chi connectivity index (χ2v) is 5.51. The molecule has 0 saturated heterocycles. The van der Waals surface area contributed by atoms with E-state index in [1.807, 2.05) is 13.0 Å². The second kappa shape index (κ2) is 6.56. The third-order valence-corrected chi connectivity index (χ3v) is 3.72. The van der Waals surface area contributed by atoms with E-state index in [1.165, 1.54) is 6.92 Å². The molecular formula is C15H20N2O4. The minimum Gasteiger partial charge on any atom is -0.463 e. The molecule has 0 aromatic heterocycles. The van der Waals surface area contributed by atoms with Gasteiger partial charge >= 0.3 is 5.97 Å². The van der Waals surface area contributed by atoms with Crippen LogP contribution in [0.15, 0.2) is 18.2 Å². The van der Waals surface area contributed by atoms with E-state index in [0.29, 0.717) is 5.69 Å². The molecule has 114 valence electrons. The molecule has 1 aromatic rings. The van der Waals surface area contributed by atoms with E-state index < -0.39 is 0 Å². The van der Waals surface area contributed by atoms with Gasteiger partial charge in [-0.25, -0.2) is 0 Å². The Labute approximate surface area is 123 Å². The van der Waals surface area contributed by atoms with Crippen molar-refractivity contribution >= 4 is 17.3 Å². The third kappa shape index (κ3) is 4.18. The highest BCUT2D eigenvalue weighted by molar-refractivity contribution is 5.66. The number of nitrogens with zero attached hydrogens (tertiary/aromatic N) is 1. The van der Waals surface area contributed by atoms with E-state index >= 15 is 0 Å². The largest absolute Gasteiger partial charge is 0.463 e. The summed E-state index contributed by atoms with van der Waals surface area (Å²) in [6.45, 7) is 3.25. The number of rotatable bonds is 4. The Kier molecular flexibility index (Phi) is 4.77. The van der Waals surface area contributed by atoms with Crippen molar-refractivity contribution in [2.75, 3.05) is 5.32 Å². The van der Waals surface area contributed by atoms with Gasteiger partial charge in [0.05, 0.1) is 4.92 Å². The normalized spacial score (nSPS) is 21.6. The first-order valence-electron chi connectivity index (χ1n) is 7.14. The summed E-state index contributed by atoms with van der Waals surface area (Å²) in [4.78, 5) is 21.7. The first-order chi connectivity index (χ1) is 9.95. The van der Waals surface area contributed by atoms with Gasteiger partial charge < -0.3 is 10.1 Å². The molecule has 0 aliphatic heterocycles. The number of nitrogens with one attached hydrogen (secondary N) is 1. The van der Waals surface area contributed by atoms with Crippen LogP contribution in [0.4, 0.5) is 11.4 Å². The maximum Gasteiger partial charge on any atom is 0.302 e. The van der Waals surface area contributed by atoms with Crippen LogP contribution in [-0.2, 0) is 9.53 Å². The fraction of sp³-hybridized carbons (Fsp3) is 0.533. The van der Waals surface area contributed by atoms with Gasteiger partial charge in [0.1, 0.15) is 11.8 Å². The number of aryl methyl sites for hydroxylation is 1. The lowest BCUT2D eigenvalue weighted by atomic mass is 9.92. The Hall–Kier alpha value is -2.11. The molecule has 0 amide bonds. The summed E-state index contributed by atoms with van der Waals surface area (Å²) in [5, 5.41) is 14.3. The maximum absolute atomic E-state index is 11.1. The van der Waals surface area contributed by atoms with Crippen LogP contribution >= 0.6 is 0 Å². The number of benzene rings is 1. The van der Waals surface area contributed by atoms with Crippen molar-refractivity contribution < 1.29 is 14.5 Å². The fourth-order valence-corrected chi connectivity index (χ4v) is 2.69. The van der Waals surface area contributed by atoms with Crippen molar-refractivity contribution in [1.29, 1.82) is 0 Å². The van der Waals surface area contributed by atoms with Crippen molar-refractivity contribution in [3.8, 4) is 0 Å². The number of nitro benzene ring substituents is 1.